The molecule has 7 heteroatoms. The highest BCUT2D eigenvalue weighted by molar-refractivity contribution is 7.99. The minimum Gasteiger partial charge on any atom is -0.505 e. The standard InChI is InChI=1S/C24H18FNO4S/c1-12-7-8-16-15(9-12)24(2,3)18-11-17-19(22(28)26(16)18)20(27)21(23(29)30-17)31-14-6-4-5-13(25)10-14/h4-11,27H,1-3H3. The van der Waals surface area contributed by atoms with E-state index in [4.69, 9.17) is 4.42 Å². The van der Waals surface area contributed by atoms with Crippen LogP contribution in [0.25, 0.3) is 16.7 Å². The molecule has 0 bridgehead atoms. The highest BCUT2D eigenvalue weighted by Crippen LogP contribution is 2.44. The van der Waals surface area contributed by atoms with E-state index in [2.05, 4.69) is 0 Å². The van der Waals surface area contributed by atoms with Gasteiger partial charge >= 0.3 is 5.63 Å². The summed E-state index contributed by atoms with van der Waals surface area (Å²) in [6.07, 6.45) is 0. The van der Waals surface area contributed by atoms with Gasteiger partial charge in [-0.2, -0.15) is 0 Å². The molecule has 1 N–H and O–H groups in total. The van der Waals surface area contributed by atoms with Gasteiger partial charge < -0.3 is 9.52 Å². The predicted octanol–water partition coefficient (Wildman–Crippen LogP) is 4.89. The second-order valence-corrected chi connectivity index (χ2v) is 9.27. The molecule has 0 spiro atoms. The average Bonchev–Trinajstić information content (AvgIpc) is 2.92. The Morgan fingerprint density at radius 3 is 2.61 bits per heavy atom. The Hall–Kier alpha value is -3.32. The van der Waals surface area contributed by atoms with Crippen molar-refractivity contribution in [2.45, 2.75) is 36.0 Å². The van der Waals surface area contributed by atoms with E-state index in [0.717, 1.165) is 28.6 Å². The Bertz CT molecular complexity index is 1520. The van der Waals surface area contributed by atoms with E-state index in [0.29, 0.717) is 10.6 Å². The number of benzene rings is 2. The summed E-state index contributed by atoms with van der Waals surface area (Å²) in [5.41, 5.74) is 1.76. The van der Waals surface area contributed by atoms with Crippen LogP contribution in [0.2, 0.25) is 0 Å². The van der Waals surface area contributed by atoms with Gasteiger partial charge in [0.15, 0.2) is 5.75 Å². The van der Waals surface area contributed by atoms with Gasteiger partial charge in [0.1, 0.15) is 21.7 Å². The third-order valence-electron chi connectivity index (χ3n) is 5.73. The SMILES string of the molecule is Cc1ccc2c(c1)C(C)(C)c1cc3oc(=O)c(Sc4cccc(F)c4)c(O)c3c(=O)n1-2. The molecule has 0 aliphatic carbocycles. The summed E-state index contributed by atoms with van der Waals surface area (Å²) in [6, 6.07) is 13.1. The molecule has 1 aliphatic heterocycles. The fourth-order valence-corrected chi connectivity index (χ4v) is 5.04. The van der Waals surface area contributed by atoms with Crippen LogP contribution in [0.1, 0.15) is 30.7 Å². The Morgan fingerprint density at radius 2 is 1.87 bits per heavy atom. The molecule has 0 saturated carbocycles. The molecule has 0 amide bonds. The Labute approximate surface area is 180 Å². The van der Waals surface area contributed by atoms with Gasteiger partial charge in [-0.1, -0.05) is 49.4 Å². The summed E-state index contributed by atoms with van der Waals surface area (Å²) in [5, 5.41) is 10.8. The maximum atomic E-state index is 13.5. The van der Waals surface area contributed by atoms with Crippen LogP contribution >= 0.6 is 11.8 Å². The predicted molar refractivity (Wildman–Crippen MR) is 117 cm³/mol. The lowest BCUT2D eigenvalue weighted by Gasteiger charge is -2.20. The highest BCUT2D eigenvalue weighted by Gasteiger charge is 2.38. The molecule has 1 aliphatic rings. The summed E-state index contributed by atoms with van der Waals surface area (Å²) in [7, 11) is 0. The van der Waals surface area contributed by atoms with E-state index in [1.807, 2.05) is 39.0 Å². The van der Waals surface area contributed by atoms with Crippen LogP contribution in [0.4, 0.5) is 4.39 Å². The maximum absolute atomic E-state index is 13.5. The molecule has 0 atom stereocenters. The largest absolute Gasteiger partial charge is 0.505 e. The molecule has 31 heavy (non-hydrogen) atoms. The van der Waals surface area contributed by atoms with Crippen molar-refractivity contribution >= 4 is 22.7 Å². The molecule has 0 radical (unpaired) electrons. The highest BCUT2D eigenvalue weighted by atomic mass is 32.2. The van der Waals surface area contributed by atoms with Gasteiger partial charge in [0.2, 0.25) is 0 Å². The molecule has 5 nitrogen and oxygen atoms in total. The zero-order valence-corrected chi connectivity index (χ0v) is 17.8. The van der Waals surface area contributed by atoms with Crippen molar-refractivity contribution in [2.75, 3.05) is 0 Å². The Kier molecular flexibility index (Phi) is 4.17. The van der Waals surface area contributed by atoms with Crippen molar-refractivity contribution < 1.29 is 13.9 Å². The van der Waals surface area contributed by atoms with Gasteiger partial charge in [0, 0.05) is 22.1 Å². The number of aromatic nitrogens is 1. The molecular weight excluding hydrogens is 417 g/mol. The van der Waals surface area contributed by atoms with Gasteiger partial charge in [0.25, 0.3) is 5.56 Å². The first kappa shape index (κ1) is 19.6. The topological polar surface area (TPSA) is 72.4 Å². The lowest BCUT2D eigenvalue weighted by Crippen LogP contribution is -2.24. The van der Waals surface area contributed by atoms with E-state index < -0.39 is 28.2 Å². The number of hydrogen-bond acceptors (Lipinski definition) is 5. The molecule has 0 unspecified atom stereocenters. The summed E-state index contributed by atoms with van der Waals surface area (Å²) < 4.78 is 20.6. The quantitative estimate of drug-likeness (QED) is 0.486. The Balaban J connectivity index is 1.80. The number of aromatic hydroxyl groups is 1. The van der Waals surface area contributed by atoms with Crippen LogP contribution in [-0.2, 0) is 5.41 Å². The maximum Gasteiger partial charge on any atom is 0.354 e. The molecule has 2 aromatic heterocycles. The fraction of sp³-hybridized carbons (Fsp3) is 0.167. The number of halogens is 1. The molecule has 0 saturated heterocycles. The lowest BCUT2D eigenvalue weighted by molar-refractivity contribution is 0.445. The molecule has 156 valence electrons. The smallest absolute Gasteiger partial charge is 0.354 e. The summed E-state index contributed by atoms with van der Waals surface area (Å²) in [5.74, 6) is -0.930. The van der Waals surface area contributed by atoms with Crippen LogP contribution in [0.5, 0.6) is 5.75 Å². The van der Waals surface area contributed by atoms with E-state index in [1.165, 1.54) is 18.2 Å². The van der Waals surface area contributed by atoms with Crippen molar-refractivity contribution in [3.63, 3.8) is 0 Å². The zero-order chi connectivity index (χ0) is 22.1. The van der Waals surface area contributed by atoms with Crippen molar-refractivity contribution in [3.8, 4) is 11.4 Å². The van der Waals surface area contributed by atoms with Gasteiger partial charge in [-0.05, 0) is 36.8 Å². The molecule has 0 fully saturated rings. The summed E-state index contributed by atoms with van der Waals surface area (Å²) >= 11 is 0.855. The minimum absolute atomic E-state index is 0.0277. The number of pyridine rings is 1. The molecule has 2 aromatic carbocycles. The van der Waals surface area contributed by atoms with Crippen LogP contribution in [-0.4, -0.2) is 9.67 Å². The van der Waals surface area contributed by atoms with E-state index in [-0.39, 0.29) is 15.9 Å². The fourth-order valence-electron chi connectivity index (χ4n) is 4.16. The Morgan fingerprint density at radius 1 is 1.10 bits per heavy atom. The molecular formula is C24H18FNO4S. The third kappa shape index (κ3) is 2.84. The molecule has 4 aromatic rings. The number of nitrogens with zero attached hydrogens (tertiary/aromatic N) is 1. The first-order valence-corrected chi connectivity index (χ1v) is 10.5. The van der Waals surface area contributed by atoms with Crippen LogP contribution in [0.3, 0.4) is 0 Å². The van der Waals surface area contributed by atoms with Crippen molar-refractivity contribution in [1.82, 2.24) is 4.57 Å². The number of aryl methyl sites for hydroxylation is 1. The van der Waals surface area contributed by atoms with E-state index in [1.54, 1.807) is 16.7 Å². The van der Waals surface area contributed by atoms with Crippen LogP contribution < -0.4 is 11.2 Å². The summed E-state index contributed by atoms with van der Waals surface area (Å²) in [4.78, 5) is 26.4. The van der Waals surface area contributed by atoms with Crippen molar-refractivity contribution in [2.24, 2.45) is 0 Å². The number of fused-ring (bicyclic) bond motifs is 4. The first-order valence-electron chi connectivity index (χ1n) is 9.69. The second-order valence-electron chi connectivity index (χ2n) is 8.18. The van der Waals surface area contributed by atoms with Gasteiger partial charge in [-0.3, -0.25) is 9.36 Å². The van der Waals surface area contributed by atoms with Crippen LogP contribution in [0, 0.1) is 12.7 Å². The van der Waals surface area contributed by atoms with E-state index in [9.17, 15) is 19.1 Å². The normalized spacial score (nSPS) is 13.9. The molecule has 5 rings (SSSR count). The van der Waals surface area contributed by atoms with Gasteiger partial charge in [-0.15, -0.1) is 0 Å². The monoisotopic (exact) mass is 435 g/mol. The number of hydrogen-bond donors (Lipinski definition) is 1. The van der Waals surface area contributed by atoms with Crippen molar-refractivity contribution in [3.05, 3.63) is 91.9 Å². The third-order valence-corrected chi connectivity index (χ3v) is 6.79. The number of rotatable bonds is 2. The van der Waals surface area contributed by atoms with Gasteiger partial charge in [-0.25, -0.2) is 9.18 Å². The first-order chi connectivity index (χ1) is 14.7. The molecule has 3 heterocycles. The summed E-state index contributed by atoms with van der Waals surface area (Å²) in [6.45, 7) is 5.99. The second kappa shape index (κ2) is 6.59. The lowest BCUT2D eigenvalue weighted by atomic mass is 9.82. The zero-order valence-electron chi connectivity index (χ0n) is 17.0. The van der Waals surface area contributed by atoms with E-state index >= 15 is 0 Å². The van der Waals surface area contributed by atoms with Crippen molar-refractivity contribution in [1.29, 1.82) is 0 Å². The van der Waals surface area contributed by atoms with Crippen LogP contribution in [0.15, 0.2) is 72.3 Å². The minimum atomic E-state index is -0.784. The average molecular weight is 435 g/mol. The van der Waals surface area contributed by atoms with Gasteiger partial charge in [0.05, 0.1) is 5.69 Å².